The van der Waals surface area contributed by atoms with Crippen molar-refractivity contribution in [3.63, 3.8) is 0 Å². The quantitative estimate of drug-likeness (QED) is 0.831. The highest BCUT2D eigenvalue weighted by atomic mass is 32.2. The van der Waals surface area contributed by atoms with E-state index in [0.29, 0.717) is 12.0 Å². The summed E-state index contributed by atoms with van der Waals surface area (Å²) in [4.78, 5) is 0.0733. The standard InChI is InChI=1S/C14H19FN2O3S/c1-7-5-10(15)13(16)8(2)14(7)21(18,19)17-11-6-9-3-4-12(11)20-9/h5,9,11-12,17H,3-4,6,16H2,1-2H3. The van der Waals surface area contributed by atoms with Crippen LogP contribution >= 0.6 is 0 Å². The molecule has 116 valence electrons. The Morgan fingerprint density at radius 1 is 1.38 bits per heavy atom. The van der Waals surface area contributed by atoms with E-state index in [0.717, 1.165) is 18.9 Å². The van der Waals surface area contributed by atoms with Crippen molar-refractivity contribution < 1.29 is 17.5 Å². The zero-order valence-corrected chi connectivity index (χ0v) is 12.8. The molecule has 0 amide bonds. The van der Waals surface area contributed by atoms with Crippen molar-refractivity contribution >= 4 is 15.7 Å². The molecule has 3 atom stereocenters. The van der Waals surface area contributed by atoms with E-state index in [9.17, 15) is 12.8 Å². The molecule has 0 radical (unpaired) electrons. The fourth-order valence-corrected chi connectivity index (χ4v) is 5.12. The molecular weight excluding hydrogens is 295 g/mol. The van der Waals surface area contributed by atoms with Gasteiger partial charge in [0.2, 0.25) is 10.0 Å². The maximum atomic E-state index is 13.6. The van der Waals surface area contributed by atoms with E-state index in [1.165, 1.54) is 6.92 Å². The number of nitrogens with one attached hydrogen (secondary N) is 1. The van der Waals surface area contributed by atoms with Crippen LogP contribution in [0.1, 0.15) is 30.4 Å². The number of aryl methyl sites for hydroxylation is 1. The summed E-state index contributed by atoms with van der Waals surface area (Å²) in [7, 11) is -3.74. The minimum Gasteiger partial charge on any atom is -0.396 e. The molecule has 7 heteroatoms. The zero-order chi connectivity index (χ0) is 15.4. The number of fused-ring (bicyclic) bond motifs is 2. The summed E-state index contributed by atoms with van der Waals surface area (Å²) >= 11 is 0. The topological polar surface area (TPSA) is 81.4 Å². The Balaban J connectivity index is 1.94. The van der Waals surface area contributed by atoms with E-state index >= 15 is 0 Å². The second-order valence-electron chi connectivity index (χ2n) is 5.88. The summed E-state index contributed by atoms with van der Waals surface area (Å²) in [6.45, 7) is 3.10. The van der Waals surface area contributed by atoms with E-state index in [4.69, 9.17) is 10.5 Å². The number of rotatable bonds is 3. The highest BCUT2D eigenvalue weighted by molar-refractivity contribution is 7.89. The van der Waals surface area contributed by atoms with Crippen molar-refractivity contribution in [1.29, 1.82) is 0 Å². The summed E-state index contributed by atoms with van der Waals surface area (Å²) in [5.74, 6) is -0.591. The first-order valence-corrected chi connectivity index (χ1v) is 8.51. The Kier molecular flexibility index (Phi) is 3.46. The van der Waals surface area contributed by atoms with Gasteiger partial charge in [-0.2, -0.15) is 0 Å². The van der Waals surface area contributed by atoms with Crippen LogP contribution in [0.3, 0.4) is 0 Å². The SMILES string of the molecule is Cc1cc(F)c(N)c(C)c1S(=O)(=O)NC1CC2CCC1O2. The van der Waals surface area contributed by atoms with Crippen LogP contribution in [0.25, 0.3) is 0 Å². The first kappa shape index (κ1) is 14.7. The predicted molar refractivity (Wildman–Crippen MR) is 76.9 cm³/mol. The Morgan fingerprint density at radius 2 is 2.10 bits per heavy atom. The first-order valence-electron chi connectivity index (χ1n) is 7.02. The number of nitrogen functional groups attached to an aromatic ring is 1. The monoisotopic (exact) mass is 314 g/mol. The van der Waals surface area contributed by atoms with E-state index in [2.05, 4.69) is 4.72 Å². The van der Waals surface area contributed by atoms with Crippen LogP contribution in [-0.4, -0.2) is 26.7 Å². The van der Waals surface area contributed by atoms with Crippen LogP contribution in [0, 0.1) is 19.7 Å². The van der Waals surface area contributed by atoms with Crippen molar-refractivity contribution in [2.45, 2.75) is 56.3 Å². The average Bonchev–Trinajstić information content (AvgIpc) is 2.97. The number of anilines is 1. The number of sulfonamides is 1. The number of hydrogen-bond acceptors (Lipinski definition) is 4. The van der Waals surface area contributed by atoms with Gasteiger partial charge in [-0.15, -0.1) is 0 Å². The van der Waals surface area contributed by atoms with Crippen LogP contribution in [0.15, 0.2) is 11.0 Å². The average molecular weight is 314 g/mol. The lowest BCUT2D eigenvalue weighted by atomic mass is 9.96. The van der Waals surface area contributed by atoms with E-state index < -0.39 is 15.8 Å². The van der Waals surface area contributed by atoms with Crippen LogP contribution in [-0.2, 0) is 14.8 Å². The summed E-state index contributed by atoms with van der Waals surface area (Å²) in [5.41, 5.74) is 6.12. The molecule has 5 nitrogen and oxygen atoms in total. The van der Waals surface area contributed by atoms with Gasteiger partial charge >= 0.3 is 0 Å². The van der Waals surface area contributed by atoms with Gasteiger partial charge in [-0.3, -0.25) is 0 Å². The molecule has 2 bridgehead atoms. The van der Waals surface area contributed by atoms with Crippen LogP contribution < -0.4 is 10.5 Å². The third kappa shape index (κ3) is 2.43. The van der Waals surface area contributed by atoms with Gasteiger partial charge in [-0.1, -0.05) is 0 Å². The molecule has 2 aliphatic heterocycles. The van der Waals surface area contributed by atoms with Gasteiger partial charge in [-0.25, -0.2) is 17.5 Å². The number of benzene rings is 1. The summed E-state index contributed by atoms with van der Waals surface area (Å²) in [6.07, 6.45) is 2.66. The lowest BCUT2D eigenvalue weighted by Gasteiger charge is -2.22. The Bertz CT molecular complexity index is 690. The normalized spacial score (nSPS) is 28.2. The highest BCUT2D eigenvalue weighted by Gasteiger charge is 2.43. The van der Waals surface area contributed by atoms with Gasteiger partial charge in [0.05, 0.1) is 28.8 Å². The molecule has 21 heavy (non-hydrogen) atoms. The smallest absolute Gasteiger partial charge is 0.241 e. The van der Waals surface area contributed by atoms with Crippen LogP contribution in [0.2, 0.25) is 0 Å². The fraction of sp³-hybridized carbons (Fsp3) is 0.571. The molecular formula is C14H19FN2O3S. The number of hydrogen-bond donors (Lipinski definition) is 2. The van der Waals surface area contributed by atoms with E-state index in [1.54, 1.807) is 6.92 Å². The summed E-state index contributed by atoms with van der Waals surface area (Å²) in [5, 5.41) is 0. The molecule has 0 spiro atoms. The maximum Gasteiger partial charge on any atom is 0.241 e. The molecule has 3 N–H and O–H groups in total. The molecule has 0 aromatic heterocycles. The molecule has 2 aliphatic rings. The van der Waals surface area contributed by atoms with E-state index in [-0.39, 0.29) is 34.4 Å². The van der Waals surface area contributed by atoms with Gasteiger partial charge in [0, 0.05) is 0 Å². The Morgan fingerprint density at radius 3 is 2.67 bits per heavy atom. The second-order valence-corrected chi connectivity index (χ2v) is 7.53. The van der Waals surface area contributed by atoms with E-state index in [1.807, 2.05) is 0 Å². The van der Waals surface area contributed by atoms with Crippen molar-refractivity contribution in [1.82, 2.24) is 4.72 Å². The molecule has 1 aromatic carbocycles. The van der Waals surface area contributed by atoms with Gasteiger partial charge in [0.25, 0.3) is 0 Å². The van der Waals surface area contributed by atoms with Crippen molar-refractivity contribution in [2.24, 2.45) is 0 Å². The lowest BCUT2D eigenvalue weighted by Crippen LogP contribution is -2.41. The molecule has 2 saturated heterocycles. The van der Waals surface area contributed by atoms with Gasteiger partial charge in [0.15, 0.2) is 0 Å². The second kappa shape index (κ2) is 4.93. The number of nitrogens with two attached hydrogens (primary N) is 1. The summed E-state index contributed by atoms with van der Waals surface area (Å²) < 4.78 is 47.2. The molecule has 0 saturated carbocycles. The number of ether oxygens (including phenoxy) is 1. The third-order valence-corrected chi connectivity index (χ3v) is 6.16. The lowest BCUT2D eigenvalue weighted by molar-refractivity contribution is 0.0996. The number of halogens is 1. The molecule has 1 aromatic rings. The fourth-order valence-electron chi connectivity index (χ4n) is 3.36. The predicted octanol–water partition coefficient (Wildman–Crippen LogP) is 1.62. The van der Waals surface area contributed by atoms with Crippen LogP contribution in [0.4, 0.5) is 10.1 Å². The first-order chi connectivity index (χ1) is 9.79. The third-order valence-electron chi connectivity index (χ3n) is 4.38. The largest absolute Gasteiger partial charge is 0.396 e. The van der Waals surface area contributed by atoms with Gasteiger partial charge in [0.1, 0.15) is 5.82 Å². The minimum atomic E-state index is -3.74. The molecule has 3 unspecified atom stereocenters. The maximum absolute atomic E-state index is 13.6. The molecule has 2 fully saturated rings. The molecule has 2 heterocycles. The zero-order valence-electron chi connectivity index (χ0n) is 12.0. The van der Waals surface area contributed by atoms with Crippen molar-refractivity contribution in [2.75, 3.05) is 5.73 Å². The Labute approximate surface area is 123 Å². The summed E-state index contributed by atoms with van der Waals surface area (Å²) in [6, 6.07) is 0.951. The molecule has 3 rings (SSSR count). The highest BCUT2D eigenvalue weighted by Crippen LogP contribution is 2.36. The minimum absolute atomic E-state index is 0.0526. The van der Waals surface area contributed by atoms with Gasteiger partial charge in [-0.05, 0) is 50.3 Å². The Hall–Kier alpha value is -1.18. The molecule has 0 aliphatic carbocycles. The van der Waals surface area contributed by atoms with Crippen molar-refractivity contribution in [3.8, 4) is 0 Å². The van der Waals surface area contributed by atoms with Crippen LogP contribution in [0.5, 0.6) is 0 Å². The van der Waals surface area contributed by atoms with Crippen molar-refractivity contribution in [3.05, 3.63) is 23.0 Å². The van der Waals surface area contributed by atoms with Gasteiger partial charge < -0.3 is 10.5 Å².